The summed E-state index contributed by atoms with van der Waals surface area (Å²) in [4.78, 5) is 15.3. The molecule has 0 bridgehead atoms. The maximum atomic E-state index is 13.1. The second-order valence-electron chi connectivity index (χ2n) is 6.85. The SMILES string of the molecule is CCN(CC)CCC(=O)N1N=C(c2cccc(Br)c2)CC1c1cccc(Br)c1. The van der Waals surface area contributed by atoms with E-state index in [2.05, 4.69) is 68.8 Å². The summed E-state index contributed by atoms with van der Waals surface area (Å²) in [6, 6.07) is 16.2. The Morgan fingerprint density at radius 2 is 1.79 bits per heavy atom. The van der Waals surface area contributed by atoms with Crippen LogP contribution in [0.2, 0.25) is 0 Å². The van der Waals surface area contributed by atoms with Crippen LogP contribution in [0.3, 0.4) is 0 Å². The highest BCUT2D eigenvalue weighted by Gasteiger charge is 2.33. The summed E-state index contributed by atoms with van der Waals surface area (Å²) in [6.45, 7) is 6.90. The molecule has 0 spiro atoms. The van der Waals surface area contributed by atoms with Crippen LogP contribution in [0.5, 0.6) is 0 Å². The highest BCUT2D eigenvalue weighted by atomic mass is 79.9. The summed E-state index contributed by atoms with van der Waals surface area (Å²) in [5.41, 5.74) is 3.09. The third kappa shape index (κ3) is 5.10. The molecule has 1 heterocycles. The standard InChI is InChI=1S/C22H25Br2N3O/c1-3-26(4-2)12-11-22(28)27-21(17-8-6-10-19(24)14-17)15-20(25-27)16-7-5-9-18(23)13-16/h5-10,13-14,21H,3-4,11-12,15H2,1-2H3. The molecule has 6 heteroatoms. The second-order valence-corrected chi connectivity index (χ2v) is 8.68. The van der Waals surface area contributed by atoms with Crippen molar-refractivity contribution in [1.82, 2.24) is 9.91 Å². The van der Waals surface area contributed by atoms with Crippen LogP contribution in [0.1, 0.15) is 43.9 Å². The molecular weight excluding hydrogens is 482 g/mol. The first-order chi connectivity index (χ1) is 13.5. The highest BCUT2D eigenvalue weighted by Crippen LogP contribution is 2.34. The molecule has 0 radical (unpaired) electrons. The zero-order chi connectivity index (χ0) is 20.1. The minimum absolute atomic E-state index is 0.0712. The van der Waals surface area contributed by atoms with Crippen LogP contribution in [0.15, 0.2) is 62.6 Å². The Hall–Kier alpha value is -1.50. The van der Waals surface area contributed by atoms with Crippen LogP contribution in [-0.2, 0) is 4.79 Å². The molecular formula is C22H25Br2N3O. The molecule has 1 atom stereocenters. The average molecular weight is 507 g/mol. The van der Waals surface area contributed by atoms with Gasteiger partial charge >= 0.3 is 0 Å². The normalized spacial score (nSPS) is 16.5. The van der Waals surface area contributed by atoms with Gasteiger partial charge in [-0.25, -0.2) is 5.01 Å². The predicted octanol–water partition coefficient (Wildman–Crippen LogP) is 5.62. The van der Waals surface area contributed by atoms with E-state index in [0.29, 0.717) is 12.8 Å². The van der Waals surface area contributed by atoms with E-state index in [1.807, 2.05) is 30.3 Å². The number of carbonyl (C=O) groups is 1. The van der Waals surface area contributed by atoms with Gasteiger partial charge in [0.2, 0.25) is 5.91 Å². The lowest BCUT2D eigenvalue weighted by Crippen LogP contribution is -2.32. The fraction of sp³-hybridized carbons (Fsp3) is 0.364. The minimum atomic E-state index is -0.0734. The minimum Gasteiger partial charge on any atom is -0.303 e. The van der Waals surface area contributed by atoms with Crippen LogP contribution in [-0.4, -0.2) is 41.2 Å². The third-order valence-corrected chi connectivity index (χ3v) is 6.08. The van der Waals surface area contributed by atoms with Gasteiger partial charge in [-0.05, 0) is 48.5 Å². The molecule has 1 aliphatic heterocycles. The predicted molar refractivity (Wildman–Crippen MR) is 121 cm³/mol. The Kier molecular flexibility index (Phi) is 7.43. The molecule has 0 aliphatic carbocycles. The topological polar surface area (TPSA) is 35.9 Å². The number of rotatable bonds is 7. The summed E-state index contributed by atoms with van der Waals surface area (Å²) in [5.74, 6) is 0.0712. The van der Waals surface area contributed by atoms with E-state index in [-0.39, 0.29) is 11.9 Å². The number of halogens is 2. The molecule has 0 N–H and O–H groups in total. The van der Waals surface area contributed by atoms with Gasteiger partial charge in [0, 0.05) is 28.3 Å². The van der Waals surface area contributed by atoms with Gasteiger partial charge in [-0.15, -0.1) is 0 Å². The molecule has 0 aromatic heterocycles. The first kappa shape index (κ1) is 21.2. The number of benzene rings is 2. The van der Waals surface area contributed by atoms with Crippen LogP contribution in [0.4, 0.5) is 0 Å². The zero-order valence-corrected chi connectivity index (χ0v) is 19.4. The largest absolute Gasteiger partial charge is 0.303 e. The molecule has 1 amide bonds. The molecule has 1 unspecified atom stereocenters. The van der Waals surface area contributed by atoms with Gasteiger partial charge in [-0.2, -0.15) is 5.10 Å². The van der Waals surface area contributed by atoms with Crippen molar-refractivity contribution in [3.8, 4) is 0 Å². The maximum absolute atomic E-state index is 13.1. The molecule has 0 saturated heterocycles. The molecule has 0 saturated carbocycles. The van der Waals surface area contributed by atoms with E-state index in [4.69, 9.17) is 5.10 Å². The van der Waals surface area contributed by atoms with E-state index < -0.39 is 0 Å². The summed E-state index contributed by atoms with van der Waals surface area (Å²) in [7, 11) is 0. The van der Waals surface area contributed by atoms with Crippen molar-refractivity contribution in [2.45, 2.75) is 32.7 Å². The molecule has 148 valence electrons. The Morgan fingerprint density at radius 3 is 2.43 bits per heavy atom. The first-order valence-corrected chi connectivity index (χ1v) is 11.2. The van der Waals surface area contributed by atoms with E-state index in [1.165, 1.54) is 0 Å². The van der Waals surface area contributed by atoms with Gasteiger partial charge in [0.1, 0.15) is 0 Å². The quantitative estimate of drug-likeness (QED) is 0.488. The molecule has 2 aromatic carbocycles. The number of hydrogen-bond donors (Lipinski definition) is 0. The van der Waals surface area contributed by atoms with Crippen LogP contribution in [0.25, 0.3) is 0 Å². The van der Waals surface area contributed by atoms with Gasteiger partial charge in [0.15, 0.2) is 0 Å². The van der Waals surface area contributed by atoms with E-state index in [0.717, 1.165) is 45.4 Å². The van der Waals surface area contributed by atoms with Gasteiger partial charge in [0.25, 0.3) is 0 Å². The second kappa shape index (κ2) is 9.81. The monoisotopic (exact) mass is 505 g/mol. The molecule has 3 rings (SSSR count). The van der Waals surface area contributed by atoms with Gasteiger partial charge in [-0.3, -0.25) is 4.79 Å². The molecule has 2 aromatic rings. The zero-order valence-electron chi connectivity index (χ0n) is 16.2. The summed E-state index contributed by atoms with van der Waals surface area (Å²) in [6.07, 6.45) is 1.19. The third-order valence-electron chi connectivity index (χ3n) is 5.09. The summed E-state index contributed by atoms with van der Waals surface area (Å²) in [5, 5.41) is 6.46. The molecule has 1 aliphatic rings. The van der Waals surface area contributed by atoms with Gasteiger partial charge in [0.05, 0.1) is 11.8 Å². The van der Waals surface area contributed by atoms with Crippen molar-refractivity contribution in [1.29, 1.82) is 0 Å². The Labute approximate surface area is 183 Å². The lowest BCUT2D eigenvalue weighted by Gasteiger charge is -2.24. The van der Waals surface area contributed by atoms with Crippen LogP contribution < -0.4 is 0 Å². The molecule has 28 heavy (non-hydrogen) atoms. The number of hydrazone groups is 1. The first-order valence-electron chi connectivity index (χ1n) is 9.65. The van der Waals surface area contributed by atoms with Crippen molar-refractivity contribution in [3.05, 3.63) is 68.6 Å². The van der Waals surface area contributed by atoms with Crippen LogP contribution in [0, 0.1) is 0 Å². The van der Waals surface area contributed by atoms with E-state index in [9.17, 15) is 4.79 Å². The summed E-state index contributed by atoms with van der Waals surface area (Å²) < 4.78 is 2.02. The summed E-state index contributed by atoms with van der Waals surface area (Å²) >= 11 is 7.08. The number of amides is 1. The lowest BCUT2D eigenvalue weighted by atomic mass is 9.98. The smallest absolute Gasteiger partial charge is 0.244 e. The average Bonchev–Trinajstić information content (AvgIpc) is 3.14. The van der Waals surface area contributed by atoms with Crippen molar-refractivity contribution >= 4 is 43.5 Å². The van der Waals surface area contributed by atoms with E-state index in [1.54, 1.807) is 5.01 Å². The number of nitrogens with zero attached hydrogens (tertiary/aromatic N) is 3. The Morgan fingerprint density at radius 1 is 1.11 bits per heavy atom. The Balaban J connectivity index is 1.87. The van der Waals surface area contributed by atoms with Gasteiger partial charge in [-0.1, -0.05) is 70.0 Å². The maximum Gasteiger partial charge on any atom is 0.244 e. The number of carbonyl (C=O) groups excluding carboxylic acids is 1. The van der Waals surface area contributed by atoms with Crippen molar-refractivity contribution in [2.24, 2.45) is 5.10 Å². The van der Waals surface area contributed by atoms with Crippen molar-refractivity contribution in [2.75, 3.05) is 19.6 Å². The molecule has 0 fully saturated rings. The van der Waals surface area contributed by atoms with Crippen LogP contribution >= 0.6 is 31.9 Å². The van der Waals surface area contributed by atoms with Crippen molar-refractivity contribution in [3.63, 3.8) is 0 Å². The Bertz CT molecular complexity index is 864. The van der Waals surface area contributed by atoms with E-state index >= 15 is 0 Å². The lowest BCUT2D eigenvalue weighted by molar-refractivity contribution is -0.133. The number of hydrogen-bond acceptors (Lipinski definition) is 3. The van der Waals surface area contributed by atoms with Gasteiger partial charge < -0.3 is 4.90 Å². The fourth-order valence-electron chi connectivity index (χ4n) is 3.46. The molecule has 4 nitrogen and oxygen atoms in total. The van der Waals surface area contributed by atoms with Crippen molar-refractivity contribution < 1.29 is 4.79 Å². The highest BCUT2D eigenvalue weighted by molar-refractivity contribution is 9.10. The fourth-order valence-corrected chi connectivity index (χ4v) is 4.28.